The predicted molar refractivity (Wildman–Crippen MR) is 66.4 cm³/mol. The van der Waals surface area contributed by atoms with E-state index in [1.807, 2.05) is 0 Å². The summed E-state index contributed by atoms with van der Waals surface area (Å²) < 4.78 is 6.65. The summed E-state index contributed by atoms with van der Waals surface area (Å²) >= 11 is 0. The number of nitrogens with zero attached hydrogens (tertiary/aromatic N) is 3. The maximum absolute atomic E-state index is 12.0. The minimum Gasteiger partial charge on any atom is -0.480 e. The number of anilines is 1. The van der Waals surface area contributed by atoms with Gasteiger partial charge in [0.1, 0.15) is 11.7 Å². The Kier molecular flexibility index (Phi) is 3.57. The average molecular weight is 246 g/mol. The Labute approximate surface area is 105 Å². The molecule has 0 saturated carbocycles. The van der Waals surface area contributed by atoms with Crippen LogP contribution in [0.2, 0.25) is 0 Å². The van der Waals surface area contributed by atoms with Crippen LogP contribution in [-0.4, -0.2) is 27.8 Å². The Morgan fingerprint density at radius 1 is 1.44 bits per heavy atom. The number of aromatic nitrogens is 3. The van der Waals surface area contributed by atoms with E-state index >= 15 is 0 Å². The summed E-state index contributed by atoms with van der Waals surface area (Å²) in [6.45, 7) is 1.77. The van der Waals surface area contributed by atoms with E-state index in [0.717, 1.165) is 0 Å². The minimum atomic E-state index is -0.398. The van der Waals surface area contributed by atoms with E-state index in [0.29, 0.717) is 11.6 Å². The molecule has 2 rings (SSSR count). The zero-order valence-electron chi connectivity index (χ0n) is 10.2. The SMILES string of the molecule is COc1ncccc1NC(=O)[C@H](C)n1cccn1. The highest BCUT2D eigenvalue weighted by Crippen LogP contribution is 2.21. The molecule has 0 fully saturated rings. The van der Waals surface area contributed by atoms with Gasteiger partial charge in [0.2, 0.25) is 11.8 Å². The van der Waals surface area contributed by atoms with Gasteiger partial charge in [-0.3, -0.25) is 9.48 Å². The molecule has 0 aliphatic rings. The van der Waals surface area contributed by atoms with Crippen LogP contribution in [0, 0.1) is 0 Å². The topological polar surface area (TPSA) is 69.0 Å². The summed E-state index contributed by atoms with van der Waals surface area (Å²) in [5, 5.41) is 6.79. The van der Waals surface area contributed by atoms with Gasteiger partial charge in [-0.05, 0) is 25.1 Å². The van der Waals surface area contributed by atoms with Crippen LogP contribution in [0.15, 0.2) is 36.8 Å². The van der Waals surface area contributed by atoms with Crippen LogP contribution in [0.5, 0.6) is 5.88 Å². The van der Waals surface area contributed by atoms with Crippen molar-refractivity contribution < 1.29 is 9.53 Å². The molecular formula is C12H14N4O2. The lowest BCUT2D eigenvalue weighted by molar-refractivity contribution is -0.119. The van der Waals surface area contributed by atoms with Crippen molar-refractivity contribution in [2.24, 2.45) is 0 Å². The number of hydrogen-bond acceptors (Lipinski definition) is 4. The number of ether oxygens (including phenoxy) is 1. The normalized spacial score (nSPS) is 11.9. The fraction of sp³-hybridized carbons (Fsp3) is 0.250. The van der Waals surface area contributed by atoms with Gasteiger partial charge < -0.3 is 10.1 Å². The molecule has 0 unspecified atom stereocenters. The molecule has 0 spiro atoms. The van der Waals surface area contributed by atoms with E-state index in [4.69, 9.17) is 4.74 Å². The Morgan fingerprint density at radius 2 is 2.28 bits per heavy atom. The van der Waals surface area contributed by atoms with E-state index in [2.05, 4.69) is 15.4 Å². The van der Waals surface area contributed by atoms with Gasteiger partial charge in [0.05, 0.1) is 7.11 Å². The van der Waals surface area contributed by atoms with Crippen molar-refractivity contribution in [3.05, 3.63) is 36.8 Å². The average Bonchev–Trinajstić information content (AvgIpc) is 2.92. The molecule has 0 aliphatic heterocycles. The second-order valence-corrected chi connectivity index (χ2v) is 3.71. The second kappa shape index (κ2) is 5.31. The molecule has 18 heavy (non-hydrogen) atoms. The minimum absolute atomic E-state index is 0.176. The smallest absolute Gasteiger partial charge is 0.249 e. The maximum atomic E-state index is 12.0. The lowest BCUT2D eigenvalue weighted by Gasteiger charge is -2.13. The summed E-state index contributed by atoms with van der Waals surface area (Å²) in [5.74, 6) is 0.212. The van der Waals surface area contributed by atoms with Crippen LogP contribution in [0.1, 0.15) is 13.0 Å². The van der Waals surface area contributed by atoms with Crippen molar-refractivity contribution >= 4 is 11.6 Å². The number of pyridine rings is 1. The maximum Gasteiger partial charge on any atom is 0.249 e. The molecule has 0 saturated heterocycles. The summed E-state index contributed by atoms with van der Waals surface area (Å²) in [5.41, 5.74) is 0.545. The second-order valence-electron chi connectivity index (χ2n) is 3.71. The molecule has 6 heteroatoms. The van der Waals surface area contributed by atoms with Gasteiger partial charge in [-0.25, -0.2) is 4.98 Å². The van der Waals surface area contributed by atoms with Gasteiger partial charge in [0, 0.05) is 18.6 Å². The van der Waals surface area contributed by atoms with E-state index in [9.17, 15) is 4.79 Å². The molecular weight excluding hydrogens is 232 g/mol. The molecule has 2 aromatic rings. The number of carbonyl (C=O) groups is 1. The van der Waals surface area contributed by atoms with Gasteiger partial charge >= 0.3 is 0 Å². The largest absolute Gasteiger partial charge is 0.480 e. The Balaban J connectivity index is 2.12. The lowest BCUT2D eigenvalue weighted by Crippen LogP contribution is -2.24. The quantitative estimate of drug-likeness (QED) is 0.887. The van der Waals surface area contributed by atoms with Crippen molar-refractivity contribution in [1.82, 2.24) is 14.8 Å². The summed E-state index contributed by atoms with van der Waals surface area (Å²) in [6, 6.07) is 4.84. The van der Waals surface area contributed by atoms with Crippen molar-refractivity contribution in [2.45, 2.75) is 13.0 Å². The van der Waals surface area contributed by atoms with E-state index < -0.39 is 6.04 Å². The van der Waals surface area contributed by atoms with Crippen molar-refractivity contribution in [3.8, 4) is 5.88 Å². The number of rotatable bonds is 4. The Hall–Kier alpha value is -2.37. The fourth-order valence-electron chi connectivity index (χ4n) is 1.52. The van der Waals surface area contributed by atoms with Gasteiger partial charge in [0.15, 0.2) is 0 Å². The van der Waals surface area contributed by atoms with Gasteiger partial charge in [-0.15, -0.1) is 0 Å². The number of hydrogen-bond donors (Lipinski definition) is 1. The van der Waals surface area contributed by atoms with Crippen LogP contribution < -0.4 is 10.1 Å². The molecule has 6 nitrogen and oxygen atoms in total. The zero-order valence-corrected chi connectivity index (χ0v) is 10.2. The zero-order chi connectivity index (χ0) is 13.0. The molecule has 1 N–H and O–H groups in total. The number of amides is 1. The Bertz CT molecular complexity index is 525. The van der Waals surface area contributed by atoms with Gasteiger partial charge in [-0.1, -0.05) is 0 Å². The Morgan fingerprint density at radius 3 is 2.94 bits per heavy atom. The first-order valence-electron chi connectivity index (χ1n) is 5.51. The standard InChI is InChI=1S/C12H14N4O2/c1-9(16-8-4-7-14-16)11(17)15-10-5-3-6-13-12(10)18-2/h3-9H,1-2H3,(H,15,17)/t9-/m0/s1. The number of nitrogens with one attached hydrogen (secondary N) is 1. The van der Waals surface area contributed by atoms with Gasteiger partial charge in [-0.2, -0.15) is 5.10 Å². The highest BCUT2D eigenvalue weighted by molar-refractivity contribution is 5.94. The van der Waals surface area contributed by atoms with Crippen molar-refractivity contribution in [3.63, 3.8) is 0 Å². The number of carbonyl (C=O) groups excluding carboxylic acids is 1. The van der Waals surface area contributed by atoms with Crippen LogP contribution in [-0.2, 0) is 4.79 Å². The first kappa shape index (κ1) is 12.1. The van der Waals surface area contributed by atoms with Gasteiger partial charge in [0.25, 0.3) is 0 Å². The predicted octanol–water partition coefficient (Wildman–Crippen LogP) is 1.49. The fourth-order valence-corrected chi connectivity index (χ4v) is 1.52. The highest BCUT2D eigenvalue weighted by atomic mass is 16.5. The molecule has 94 valence electrons. The highest BCUT2D eigenvalue weighted by Gasteiger charge is 2.16. The number of methoxy groups -OCH3 is 1. The molecule has 1 amide bonds. The molecule has 0 aliphatic carbocycles. The van der Waals surface area contributed by atoms with E-state index in [1.54, 1.807) is 48.4 Å². The van der Waals surface area contributed by atoms with Crippen molar-refractivity contribution in [2.75, 3.05) is 12.4 Å². The molecule has 2 aromatic heterocycles. The van der Waals surface area contributed by atoms with Crippen LogP contribution in [0.3, 0.4) is 0 Å². The van der Waals surface area contributed by atoms with E-state index in [-0.39, 0.29) is 5.91 Å². The first-order valence-corrected chi connectivity index (χ1v) is 5.51. The first-order chi connectivity index (χ1) is 8.72. The summed E-state index contributed by atoms with van der Waals surface area (Å²) in [7, 11) is 1.51. The van der Waals surface area contributed by atoms with Crippen molar-refractivity contribution in [1.29, 1.82) is 0 Å². The van der Waals surface area contributed by atoms with Crippen LogP contribution in [0.4, 0.5) is 5.69 Å². The molecule has 0 bridgehead atoms. The van der Waals surface area contributed by atoms with E-state index in [1.165, 1.54) is 7.11 Å². The molecule has 1 atom stereocenters. The third kappa shape index (κ3) is 2.48. The third-order valence-corrected chi connectivity index (χ3v) is 2.52. The van der Waals surface area contributed by atoms with Crippen LogP contribution in [0.25, 0.3) is 0 Å². The summed E-state index contributed by atoms with van der Waals surface area (Å²) in [4.78, 5) is 16.0. The monoisotopic (exact) mass is 246 g/mol. The molecule has 0 aromatic carbocycles. The molecule has 2 heterocycles. The third-order valence-electron chi connectivity index (χ3n) is 2.52. The molecule has 0 radical (unpaired) electrons. The summed E-state index contributed by atoms with van der Waals surface area (Å²) in [6.07, 6.45) is 4.98. The van der Waals surface area contributed by atoms with Crippen LogP contribution >= 0.6 is 0 Å². The lowest BCUT2D eigenvalue weighted by atomic mass is 10.3.